The summed E-state index contributed by atoms with van der Waals surface area (Å²) in [5, 5.41) is 2.99. The van der Waals surface area contributed by atoms with Gasteiger partial charge < -0.3 is 19.9 Å². The summed E-state index contributed by atoms with van der Waals surface area (Å²) in [6.45, 7) is 10.0. The second-order valence-corrected chi connectivity index (χ2v) is 13.8. The van der Waals surface area contributed by atoms with Gasteiger partial charge in [-0.15, -0.1) is 0 Å². The minimum Gasteiger partial charge on any atom is -0.381 e. The maximum absolute atomic E-state index is 14.1. The Morgan fingerprint density at radius 3 is 2.33 bits per heavy atom. The van der Waals surface area contributed by atoms with E-state index in [9.17, 15) is 27.6 Å². The summed E-state index contributed by atoms with van der Waals surface area (Å²) in [5.74, 6) is -0.308. The zero-order valence-electron chi connectivity index (χ0n) is 29.9. The van der Waals surface area contributed by atoms with Crippen molar-refractivity contribution >= 4 is 22.6 Å². The van der Waals surface area contributed by atoms with Crippen LogP contribution in [0.4, 0.5) is 18.9 Å². The number of piperidine rings is 1. The van der Waals surface area contributed by atoms with E-state index < -0.39 is 12.7 Å². The highest BCUT2D eigenvalue weighted by molar-refractivity contribution is 5.99. The van der Waals surface area contributed by atoms with Crippen LogP contribution in [0.3, 0.4) is 0 Å². The fourth-order valence-electron chi connectivity index (χ4n) is 7.84. The number of ether oxygens (including phenoxy) is 1. The largest absolute Gasteiger partial charge is 0.381 e. The van der Waals surface area contributed by atoms with Gasteiger partial charge in [0.15, 0.2) is 0 Å². The molecular weight excluding hydrogens is 661 g/mol. The van der Waals surface area contributed by atoms with Crippen molar-refractivity contribution in [1.82, 2.24) is 24.3 Å². The first-order valence-electron chi connectivity index (χ1n) is 17.7. The lowest BCUT2D eigenvalue weighted by Crippen LogP contribution is -2.44. The number of anilines is 1. The molecule has 0 spiro atoms. The number of carbonyl (C=O) groups excluding carboxylic acids is 1. The standard InChI is InChI=1S/C38H47F3N6O4/c1-6-46(27-11-15-51-16-12-27)32-20-26(18-29(24(32)4)36(48)42-21-30-22(2)17-23(3)43-37(30)49)25-7-8-31-33(19-25)47(38(50)44(31)5)28-9-13-45(14-10-28)35(41)34(39)40/h7-8,17-20,27-28,34-35H,6,9-16,21H2,1-5H3,(H,42,48)(H,43,49). The molecule has 274 valence electrons. The maximum atomic E-state index is 14.1. The number of benzene rings is 2. The van der Waals surface area contributed by atoms with Crippen molar-refractivity contribution in [3.05, 3.63) is 85.2 Å². The summed E-state index contributed by atoms with van der Waals surface area (Å²) in [7, 11) is 1.70. The van der Waals surface area contributed by atoms with Crippen LogP contribution in [0.5, 0.6) is 0 Å². The van der Waals surface area contributed by atoms with Crippen molar-refractivity contribution in [3.8, 4) is 11.1 Å². The predicted octanol–water partition coefficient (Wildman–Crippen LogP) is 5.75. The Hall–Kier alpha value is -4.36. The Balaban J connectivity index is 1.41. The van der Waals surface area contributed by atoms with Gasteiger partial charge in [0.1, 0.15) is 0 Å². The van der Waals surface area contributed by atoms with Crippen molar-refractivity contribution in [1.29, 1.82) is 0 Å². The Labute approximate surface area is 295 Å². The molecule has 0 radical (unpaired) electrons. The van der Waals surface area contributed by atoms with Gasteiger partial charge in [-0.05, 0) is 106 Å². The minimum atomic E-state index is -3.08. The van der Waals surface area contributed by atoms with Crippen LogP contribution >= 0.6 is 0 Å². The number of fused-ring (bicyclic) bond motifs is 1. The van der Waals surface area contributed by atoms with Crippen LogP contribution in [0, 0.1) is 20.8 Å². The zero-order valence-corrected chi connectivity index (χ0v) is 29.9. The molecular formula is C38H47F3N6O4. The second kappa shape index (κ2) is 15.1. The van der Waals surface area contributed by atoms with Gasteiger partial charge in [-0.1, -0.05) is 6.07 Å². The number of nitrogens with one attached hydrogen (secondary N) is 2. The van der Waals surface area contributed by atoms with Gasteiger partial charge in [-0.2, -0.15) is 0 Å². The van der Waals surface area contributed by atoms with E-state index in [4.69, 9.17) is 4.74 Å². The molecule has 2 aromatic heterocycles. The molecule has 2 N–H and O–H groups in total. The normalized spacial score (nSPS) is 17.0. The number of rotatable bonds is 10. The average molecular weight is 709 g/mol. The third-order valence-corrected chi connectivity index (χ3v) is 10.7. The molecule has 4 aromatic rings. The first-order chi connectivity index (χ1) is 24.4. The monoisotopic (exact) mass is 708 g/mol. The maximum Gasteiger partial charge on any atom is 0.329 e. The Kier molecular flexibility index (Phi) is 10.8. The highest BCUT2D eigenvalue weighted by Crippen LogP contribution is 2.36. The lowest BCUT2D eigenvalue weighted by atomic mass is 9.94. The summed E-state index contributed by atoms with van der Waals surface area (Å²) in [4.78, 5) is 46.6. The predicted molar refractivity (Wildman–Crippen MR) is 193 cm³/mol. The Bertz CT molecular complexity index is 2020. The Morgan fingerprint density at radius 2 is 1.69 bits per heavy atom. The van der Waals surface area contributed by atoms with Crippen molar-refractivity contribution in [2.45, 2.75) is 84.7 Å². The van der Waals surface area contributed by atoms with Crippen molar-refractivity contribution in [3.63, 3.8) is 0 Å². The van der Waals surface area contributed by atoms with Gasteiger partial charge in [0.05, 0.1) is 11.0 Å². The van der Waals surface area contributed by atoms with Gasteiger partial charge in [0.25, 0.3) is 17.9 Å². The van der Waals surface area contributed by atoms with Crippen LogP contribution in [-0.4, -0.2) is 76.5 Å². The highest BCUT2D eigenvalue weighted by Gasteiger charge is 2.33. The second-order valence-electron chi connectivity index (χ2n) is 13.8. The quantitative estimate of drug-likeness (QED) is 0.204. The molecule has 2 aliphatic rings. The van der Waals surface area contributed by atoms with Gasteiger partial charge in [-0.3, -0.25) is 23.6 Å². The van der Waals surface area contributed by atoms with E-state index in [-0.39, 0.29) is 48.9 Å². The van der Waals surface area contributed by atoms with Gasteiger partial charge in [-0.25, -0.2) is 18.0 Å². The van der Waals surface area contributed by atoms with Gasteiger partial charge in [0, 0.05) is 81.0 Å². The Morgan fingerprint density at radius 1 is 0.980 bits per heavy atom. The number of halogens is 3. The molecule has 2 aromatic carbocycles. The molecule has 6 rings (SSSR count). The first kappa shape index (κ1) is 36.4. The van der Waals surface area contributed by atoms with Gasteiger partial charge in [0.2, 0.25) is 6.30 Å². The first-order valence-corrected chi connectivity index (χ1v) is 17.7. The number of likely N-dealkylation sites (tertiary alicyclic amines) is 1. The summed E-state index contributed by atoms with van der Waals surface area (Å²) in [5.41, 5.74) is 6.78. The van der Waals surface area contributed by atoms with E-state index in [1.54, 1.807) is 16.2 Å². The van der Waals surface area contributed by atoms with Crippen LogP contribution in [-0.2, 0) is 18.3 Å². The van der Waals surface area contributed by atoms with Gasteiger partial charge >= 0.3 is 5.69 Å². The van der Waals surface area contributed by atoms with Crippen molar-refractivity contribution in [2.24, 2.45) is 7.05 Å². The van der Waals surface area contributed by atoms with E-state index in [1.165, 1.54) is 0 Å². The van der Waals surface area contributed by atoms with Crippen LogP contribution in [0.2, 0.25) is 0 Å². The molecule has 4 heterocycles. The number of aromatic amines is 1. The molecule has 10 nitrogen and oxygen atoms in total. The topological polar surface area (TPSA) is 105 Å². The molecule has 0 bridgehead atoms. The number of hydrogen-bond acceptors (Lipinski definition) is 6. The summed E-state index contributed by atoms with van der Waals surface area (Å²) in [6, 6.07) is 11.5. The molecule has 13 heteroatoms. The molecule has 2 aliphatic heterocycles. The summed E-state index contributed by atoms with van der Waals surface area (Å²) in [6.07, 6.45) is -2.98. The van der Waals surface area contributed by atoms with Crippen LogP contribution in [0.25, 0.3) is 22.2 Å². The number of amides is 1. The molecule has 51 heavy (non-hydrogen) atoms. The summed E-state index contributed by atoms with van der Waals surface area (Å²) < 4.78 is 49.2. The van der Waals surface area contributed by atoms with Crippen molar-refractivity contribution < 1.29 is 22.7 Å². The molecule has 1 atom stereocenters. The number of aryl methyl sites for hydroxylation is 3. The third kappa shape index (κ3) is 7.23. The fraction of sp³-hybridized carbons (Fsp3) is 0.500. The lowest BCUT2D eigenvalue weighted by molar-refractivity contribution is -0.0599. The molecule has 1 unspecified atom stereocenters. The lowest BCUT2D eigenvalue weighted by Gasteiger charge is -2.37. The number of hydrogen-bond donors (Lipinski definition) is 2. The number of H-pyrrole nitrogens is 1. The third-order valence-electron chi connectivity index (χ3n) is 10.7. The van der Waals surface area contributed by atoms with E-state index in [0.29, 0.717) is 48.2 Å². The number of alkyl halides is 3. The number of carbonyl (C=O) groups is 1. The zero-order chi connectivity index (χ0) is 36.6. The van der Waals surface area contributed by atoms with Crippen LogP contribution in [0.15, 0.2) is 46.0 Å². The number of pyridine rings is 1. The van der Waals surface area contributed by atoms with E-state index >= 15 is 0 Å². The fourth-order valence-corrected chi connectivity index (χ4v) is 7.84. The van der Waals surface area contributed by atoms with Crippen LogP contribution < -0.4 is 21.5 Å². The molecule has 2 fully saturated rings. The molecule has 1 amide bonds. The smallest absolute Gasteiger partial charge is 0.329 e. The minimum absolute atomic E-state index is 0.0677. The molecule has 0 saturated carbocycles. The van der Waals surface area contributed by atoms with E-state index in [2.05, 4.69) is 28.2 Å². The highest BCUT2D eigenvalue weighted by atomic mass is 19.3. The SMILES string of the molecule is CCN(c1cc(-c2ccc3c(c2)n(C2CCN(C(F)C(F)F)CC2)c(=O)n3C)cc(C(=O)NCc2c(C)cc(C)[nH]c2=O)c1C)C1CCOCC1. The average Bonchev–Trinajstić information content (AvgIpc) is 3.37. The van der Waals surface area contributed by atoms with E-state index in [1.807, 2.05) is 51.1 Å². The number of nitrogens with zero attached hydrogens (tertiary/aromatic N) is 4. The van der Waals surface area contributed by atoms with E-state index in [0.717, 1.165) is 57.9 Å². The van der Waals surface area contributed by atoms with Crippen molar-refractivity contribution in [2.75, 3.05) is 37.7 Å². The van der Waals surface area contributed by atoms with Crippen LogP contribution in [0.1, 0.15) is 71.4 Å². The molecule has 2 saturated heterocycles. The summed E-state index contributed by atoms with van der Waals surface area (Å²) >= 11 is 0. The molecule has 0 aliphatic carbocycles. The number of aromatic nitrogens is 3. The number of imidazole rings is 1.